The highest BCUT2D eigenvalue weighted by Gasteiger charge is 2.40. The number of dihydropyridines is 1. The number of nitro benzene ring substituents is 1. The SMILES string of the molecule is CC1=C(C(N)=O)C(c2ccccc2[N+](=O)[O-])C(C(=O)OC(C)C2CCCCC2)=C(C)N1. The van der Waals surface area contributed by atoms with E-state index in [0.29, 0.717) is 11.4 Å². The zero-order valence-electron chi connectivity index (χ0n) is 18.1. The Morgan fingerprint density at radius 1 is 1.13 bits per heavy atom. The lowest BCUT2D eigenvalue weighted by Crippen LogP contribution is -2.36. The Hall–Kier alpha value is -3.16. The van der Waals surface area contributed by atoms with E-state index >= 15 is 0 Å². The number of rotatable bonds is 6. The second-order valence-electron chi connectivity index (χ2n) is 8.32. The molecule has 2 unspecified atom stereocenters. The predicted octanol–water partition coefficient (Wildman–Crippen LogP) is 3.83. The second-order valence-corrected chi connectivity index (χ2v) is 8.32. The minimum Gasteiger partial charge on any atom is -0.459 e. The van der Waals surface area contributed by atoms with Gasteiger partial charge < -0.3 is 15.8 Å². The molecule has 2 aliphatic rings. The van der Waals surface area contributed by atoms with Crippen LogP contribution in [0.2, 0.25) is 0 Å². The van der Waals surface area contributed by atoms with E-state index in [4.69, 9.17) is 10.5 Å². The van der Waals surface area contributed by atoms with Gasteiger partial charge in [-0.2, -0.15) is 0 Å². The molecule has 1 aliphatic heterocycles. The molecule has 3 N–H and O–H groups in total. The highest BCUT2D eigenvalue weighted by atomic mass is 16.6. The number of nitro groups is 1. The van der Waals surface area contributed by atoms with Crippen LogP contribution in [-0.4, -0.2) is 22.9 Å². The third-order valence-electron chi connectivity index (χ3n) is 6.30. The third-order valence-corrected chi connectivity index (χ3v) is 6.30. The van der Waals surface area contributed by atoms with Gasteiger partial charge in [-0.15, -0.1) is 0 Å². The number of amides is 1. The molecule has 1 fully saturated rings. The number of para-hydroxylation sites is 1. The number of nitrogens with zero attached hydrogens (tertiary/aromatic N) is 1. The summed E-state index contributed by atoms with van der Waals surface area (Å²) in [6.07, 6.45) is 5.14. The number of hydrogen-bond acceptors (Lipinski definition) is 6. The van der Waals surface area contributed by atoms with Crippen LogP contribution in [0.3, 0.4) is 0 Å². The molecule has 0 spiro atoms. The van der Waals surface area contributed by atoms with Gasteiger partial charge in [-0.1, -0.05) is 37.5 Å². The molecule has 0 bridgehead atoms. The fraction of sp³-hybridized carbons (Fsp3) is 0.478. The molecule has 1 heterocycles. The van der Waals surface area contributed by atoms with E-state index < -0.39 is 22.7 Å². The van der Waals surface area contributed by atoms with Crippen molar-refractivity contribution in [3.05, 3.63) is 62.5 Å². The molecule has 31 heavy (non-hydrogen) atoms. The van der Waals surface area contributed by atoms with Crippen molar-refractivity contribution in [1.82, 2.24) is 5.32 Å². The second kappa shape index (κ2) is 9.32. The molecule has 1 aliphatic carbocycles. The molecule has 8 nitrogen and oxygen atoms in total. The topological polar surface area (TPSA) is 125 Å². The van der Waals surface area contributed by atoms with E-state index in [-0.39, 0.29) is 34.4 Å². The van der Waals surface area contributed by atoms with Crippen LogP contribution in [0.4, 0.5) is 5.69 Å². The molecular formula is C23H29N3O5. The van der Waals surface area contributed by atoms with Gasteiger partial charge in [-0.05, 0) is 39.5 Å². The Bertz CT molecular complexity index is 960. The summed E-state index contributed by atoms with van der Waals surface area (Å²) in [4.78, 5) is 36.9. The van der Waals surface area contributed by atoms with Gasteiger partial charge in [-0.25, -0.2) is 4.79 Å². The zero-order chi connectivity index (χ0) is 22.7. The number of carbonyl (C=O) groups is 2. The van der Waals surface area contributed by atoms with Crippen LogP contribution in [0.1, 0.15) is 64.4 Å². The minimum atomic E-state index is -0.980. The Kier molecular flexibility index (Phi) is 6.77. The molecule has 1 aromatic carbocycles. The molecule has 1 aromatic rings. The van der Waals surface area contributed by atoms with Gasteiger partial charge in [0.2, 0.25) is 5.91 Å². The van der Waals surface area contributed by atoms with E-state index in [9.17, 15) is 19.7 Å². The van der Waals surface area contributed by atoms with Gasteiger partial charge in [0.05, 0.1) is 16.4 Å². The average molecular weight is 428 g/mol. The number of benzene rings is 1. The first-order chi connectivity index (χ1) is 14.7. The molecule has 1 amide bonds. The van der Waals surface area contributed by atoms with E-state index in [1.54, 1.807) is 32.0 Å². The average Bonchev–Trinajstić information content (AvgIpc) is 2.73. The molecule has 3 rings (SSSR count). The molecular weight excluding hydrogens is 398 g/mol. The number of allylic oxidation sites excluding steroid dienone is 2. The maximum absolute atomic E-state index is 13.3. The van der Waals surface area contributed by atoms with Crippen molar-refractivity contribution in [3.8, 4) is 0 Å². The molecule has 8 heteroatoms. The fourth-order valence-electron chi connectivity index (χ4n) is 4.73. The van der Waals surface area contributed by atoms with E-state index in [0.717, 1.165) is 25.7 Å². The van der Waals surface area contributed by atoms with E-state index in [1.165, 1.54) is 12.5 Å². The summed E-state index contributed by atoms with van der Waals surface area (Å²) in [6, 6.07) is 6.09. The van der Waals surface area contributed by atoms with Crippen molar-refractivity contribution in [2.75, 3.05) is 0 Å². The van der Waals surface area contributed by atoms with Crippen LogP contribution in [0.25, 0.3) is 0 Å². The Morgan fingerprint density at radius 2 is 1.74 bits per heavy atom. The van der Waals surface area contributed by atoms with Crippen molar-refractivity contribution in [2.24, 2.45) is 11.7 Å². The lowest BCUT2D eigenvalue weighted by molar-refractivity contribution is -0.385. The van der Waals surface area contributed by atoms with Gasteiger partial charge in [0.15, 0.2) is 0 Å². The Balaban J connectivity index is 2.04. The summed E-state index contributed by atoms with van der Waals surface area (Å²) in [5.74, 6) is -2.03. The molecule has 0 saturated heterocycles. The van der Waals surface area contributed by atoms with Crippen LogP contribution in [-0.2, 0) is 14.3 Å². The summed E-state index contributed by atoms with van der Waals surface area (Å²) in [7, 11) is 0. The number of hydrogen-bond donors (Lipinski definition) is 2. The predicted molar refractivity (Wildman–Crippen MR) is 116 cm³/mol. The maximum atomic E-state index is 13.3. The molecule has 0 radical (unpaired) electrons. The summed E-state index contributed by atoms with van der Waals surface area (Å²) in [5, 5.41) is 14.7. The van der Waals surface area contributed by atoms with E-state index in [2.05, 4.69) is 5.32 Å². The highest BCUT2D eigenvalue weighted by Crippen LogP contribution is 2.42. The van der Waals surface area contributed by atoms with Crippen LogP contribution in [0, 0.1) is 16.0 Å². The lowest BCUT2D eigenvalue weighted by atomic mass is 9.79. The highest BCUT2D eigenvalue weighted by molar-refractivity contribution is 6.01. The van der Waals surface area contributed by atoms with Gasteiger partial charge in [0.1, 0.15) is 6.10 Å². The fourth-order valence-corrected chi connectivity index (χ4v) is 4.73. The Labute approximate surface area is 181 Å². The molecule has 1 saturated carbocycles. The van der Waals surface area contributed by atoms with Gasteiger partial charge in [0.25, 0.3) is 5.69 Å². The van der Waals surface area contributed by atoms with Crippen molar-refractivity contribution >= 4 is 17.6 Å². The first-order valence-electron chi connectivity index (χ1n) is 10.6. The summed E-state index contributed by atoms with van der Waals surface area (Å²) < 4.78 is 5.83. The van der Waals surface area contributed by atoms with Gasteiger partial charge in [-0.3, -0.25) is 14.9 Å². The first-order valence-corrected chi connectivity index (χ1v) is 10.6. The number of carbonyl (C=O) groups excluding carboxylic acids is 2. The van der Waals surface area contributed by atoms with Crippen molar-refractivity contribution in [1.29, 1.82) is 0 Å². The van der Waals surface area contributed by atoms with E-state index in [1.807, 2.05) is 6.92 Å². The zero-order valence-corrected chi connectivity index (χ0v) is 18.1. The summed E-state index contributed by atoms with van der Waals surface area (Å²) >= 11 is 0. The van der Waals surface area contributed by atoms with Crippen LogP contribution in [0.5, 0.6) is 0 Å². The summed E-state index contributed by atoms with van der Waals surface area (Å²) in [6.45, 7) is 5.25. The minimum absolute atomic E-state index is 0.122. The molecule has 166 valence electrons. The number of ether oxygens (including phenoxy) is 1. The van der Waals surface area contributed by atoms with Crippen LogP contribution >= 0.6 is 0 Å². The quantitative estimate of drug-likeness (QED) is 0.404. The standard InChI is InChI=1S/C23H29N3O5/c1-13-19(22(24)27)21(17-11-7-8-12-18(17)26(29)30)20(14(2)25-13)23(28)31-15(3)16-9-5-4-6-10-16/h7-8,11-12,15-16,21,25H,4-6,9-10H2,1-3H3,(H2,24,27). The van der Waals surface area contributed by atoms with Crippen molar-refractivity contribution < 1.29 is 19.2 Å². The van der Waals surface area contributed by atoms with Crippen molar-refractivity contribution in [3.63, 3.8) is 0 Å². The lowest BCUT2D eigenvalue weighted by Gasteiger charge is -2.32. The maximum Gasteiger partial charge on any atom is 0.337 e. The van der Waals surface area contributed by atoms with Crippen molar-refractivity contribution in [2.45, 2.75) is 64.9 Å². The first kappa shape index (κ1) is 22.5. The van der Waals surface area contributed by atoms with Crippen LogP contribution < -0.4 is 11.1 Å². The normalized spacial score (nSPS) is 20.8. The Morgan fingerprint density at radius 3 is 2.35 bits per heavy atom. The van der Waals surface area contributed by atoms with Crippen LogP contribution in [0.15, 0.2) is 46.8 Å². The smallest absolute Gasteiger partial charge is 0.337 e. The monoisotopic (exact) mass is 427 g/mol. The number of primary amides is 1. The summed E-state index contributed by atoms with van der Waals surface area (Å²) in [5.41, 5.74) is 6.96. The van der Waals surface area contributed by atoms with Gasteiger partial charge >= 0.3 is 5.97 Å². The van der Waals surface area contributed by atoms with Gasteiger partial charge in [0, 0.05) is 28.6 Å². The molecule has 0 aromatic heterocycles. The largest absolute Gasteiger partial charge is 0.459 e. The number of esters is 1. The molecule has 2 atom stereocenters. The number of nitrogens with one attached hydrogen (secondary N) is 1. The number of nitrogens with two attached hydrogens (primary N) is 1. The third kappa shape index (κ3) is 4.62.